The van der Waals surface area contributed by atoms with Gasteiger partial charge >= 0.3 is 12.1 Å². The van der Waals surface area contributed by atoms with Crippen molar-refractivity contribution in [1.29, 1.82) is 0 Å². The van der Waals surface area contributed by atoms with Crippen molar-refractivity contribution in [3.05, 3.63) is 36.0 Å². The van der Waals surface area contributed by atoms with Crippen LogP contribution in [0.1, 0.15) is 150 Å². The SMILES string of the molecule is CCOC(C)OC1(C)CCC(O[Si](CC)(CC)CC)CC(=O)OC(/C(C)=C/C=C/C(C)(CC2OC2C(C)C(CC)O[Si](CC)(CC)CC)O[Si](CC)(CC)CC)C(C)/C=C/C1OC(=O)N1CCN(C)CC1. The Bertz CT molecular complexity index is 1660. The summed E-state index contributed by atoms with van der Waals surface area (Å²) in [5.74, 6) is -0.290. The molecule has 1 amide bonds. The van der Waals surface area contributed by atoms with Gasteiger partial charge < -0.3 is 46.8 Å². The van der Waals surface area contributed by atoms with Crippen LogP contribution in [0.3, 0.4) is 0 Å². The third kappa shape index (κ3) is 18.3. The molecule has 3 rings (SSSR count). The molecule has 2 fully saturated rings. The lowest BCUT2D eigenvalue weighted by Gasteiger charge is -2.41. The number of nitrogens with zero attached hydrogens (tertiary/aromatic N) is 2. The number of carbonyl (C=O) groups is 2. The fourth-order valence-electron chi connectivity index (χ4n) is 11.2. The van der Waals surface area contributed by atoms with Crippen molar-refractivity contribution >= 4 is 37.0 Å². The minimum absolute atomic E-state index is 0.0765. The molecule has 71 heavy (non-hydrogen) atoms. The molecule has 11 unspecified atom stereocenters. The van der Waals surface area contributed by atoms with Gasteiger partial charge in [-0.1, -0.05) is 107 Å². The number of rotatable bonds is 28. The number of likely N-dealkylation sites (N-methyl/N-ethyl adjacent to an activating group) is 1. The highest BCUT2D eigenvalue weighted by atomic mass is 28.4. The van der Waals surface area contributed by atoms with Crippen LogP contribution in [0.4, 0.5) is 4.79 Å². The molecule has 412 valence electrons. The summed E-state index contributed by atoms with van der Waals surface area (Å²) in [6.45, 7) is 40.3. The van der Waals surface area contributed by atoms with Crippen LogP contribution in [-0.2, 0) is 41.8 Å². The van der Waals surface area contributed by atoms with Crippen LogP contribution in [0.2, 0.25) is 54.4 Å². The molecule has 0 aromatic heterocycles. The molecule has 0 spiro atoms. The van der Waals surface area contributed by atoms with Crippen molar-refractivity contribution in [1.82, 2.24) is 9.80 Å². The summed E-state index contributed by atoms with van der Waals surface area (Å²) in [5, 5.41) is 0. The van der Waals surface area contributed by atoms with E-state index in [-0.39, 0.29) is 48.6 Å². The van der Waals surface area contributed by atoms with Gasteiger partial charge in [0.2, 0.25) is 0 Å². The molecule has 11 atom stereocenters. The van der Waals surface area contributed by atoms with Crippen LogP contribution >= 0.6 is 0 Å². The molecule has 3 heterocycles. The molecular weight excluding hydrogens is 945 g/mol. The van der Waals surface area contributed by atoms with Gasteiger partial charge in [-0.2, -0.15) is 0 Å². The monoisotopic (exact) mass is 1050 g/mol. The van der Waals surface area contributed by atoms with Crippen molar-refractivity contribution in [2.45, 2.75) is 258 Å². The summed E-state index contributed by atoms with van der Waals surface area (Å²) in [5.41, 5.74) is -0.678. The van der Waals surface area contributed by atoms with Crippen molar-refractivity contribution in [3.63, 3.8) is 0 Å². The molecule has 15 heteroatoms. The summed E-state index contributed by atoms with van der Waals surface area (Å²) in [6, 6.07) is 9.37. The lowest BCUT2D eigenvalue weighted by Crippen LogP contribution is -2.52. The lowest BCUT2D eigenvalue weighted by atomic mass is 9.88. The average Bonchev–Trinajstić information content (AvgIpc) is 4.13. The van der Waals surface area contributed by atoms with Gasteiger partial charge in [-0.15, -0.1) is 0 Å². The Balaban J connectivity index is 2.10. The van der Waals surface area contributed by atoms with Gasteiger partial charge in [0.15, 0.2) is 37.3 Å². The minimum atomic E-state index is -2.17. The van der Waals surface area contributed by atoms with E-state index in [0.29, 0.717) is 32.5 Å². The van der Waals surface area contributed by atoms with Crippen LogP contribution < -0.4 is 0 Å². The van der Waals surface area contributed by atoms with Crippen molar-refractivity contribution in [2.24, 2.45) is 11.8 Å². The number of hydrogen-bond acceptors (Lipinski definition) is 11. The summed E-state index contributed by atoms with van der Waals surface area (Å²) >= 11 is 0. The standard InChI is InChI=1S/C56H106N2O10Si3/c1-19-48(67-70(24-6,25-7)26-8)45(14)53-49(62-53)42-55(16,68-71(27-9,28-10)29-11)35-30-31-43(12)52-44(13)32-33-50(63-54(60)58-39-37-57(18)38-40-58)56(17,65-46(15)61-20-2)36-34-47(41-51(59)64-52)66-69(21-3,22-4)23-5/h30-33,35,44-50,52-53H,19-29,34,36-42H2,1-18H3/b33-32+,35-30+,43-31+. The molecule has 0 aromatic carbocycles. The quantitative estimate of drug-likeness (QED) is 0.0186. The Morgan fingerprint density at radius 1 is 0.873 bits per heavy atom. The fraction of sp³-hybridized carbons (Fsp3) is 0.857. The summed E-state index contributed by atoms with van der Waals surface area (Å²) < 4.78 is 54.0. The topological polar surface area (TPSA) is 118 Å². The molecule has 0 aromatic rings. The number of piperazine rings is 1. The zero-order valence-corrected chi connectivity index (χ0v) is 51.5. The number of esters is 1. The van der Waals surface area contributed by atoms with E-state index in [4.69, 9.17) is 37.0 Å². The first-order valence-electron chi connectivity index (χ1n) is 28.5. The van der Waals surface area contributed by atoms with Crippen LogP contribution in [0.25, 0.3) is 0 Å². The highest BCUT2D eigenvalue weighted by Crippen LogP contribution is 2.43. The van der Waals surface area contributed by atoms with Gasteiger partial charge in [0.25, 0.3) is 0 Å². The van der Waals surface area contributed by atoms with Crippen molar-refractivity contribution < 1.29 is 46.6 Å². The smallest absolute Gasteiger partial charge is 0.410 e. The van der Waals surface area contributed by atoms with E-state index in [9.17, 15) is 9.59 Å². The second-order valence-electron chi connectivity index (χ2n) is 21.9. The van der Waals surface area contributed by atoms with E-state index in [1.807, 2.05) is 39.8 Å². The number of carbonyl (C=O) groups excluding carboxylic acids is 2. The Labute approximate surface area is 437 Å². The molecule has 2 saturated heterocycles. The number of amides is 1. The highest BCUT2D eigenvalue weighted by Gasteiger charge is 2.51. The van der Waals surface area contributed by atoms with Crippen molar-refractivity contribution in [3.8, 4) is 0 Å². The second kappa shape index (κ2) is 29.6. The maximum atomic E-state index is 14.3. The van der Waals surface area contributed by atoms with E-state index in [2.05, 4.69) is 120 Å². The first kappa shape index (κ1) is 63.6. The van der Waals surface area contributed by atoms with Gasteiger partial charge in [0.05, 0.1) is 30.3 Å². The number of hydrogen-bond donors (Lipinski definition) is 0. The molecule has 3 aliphatic heterocycles. The lowest BCUT2D eigenvalue weighted by molar-refractivity contribution is -0.222. The number of allylic oxidation sites excluding steroid dienone is 2. The van der Waals surface area contributed by atoms with E-state index < -0.39 is 60.8 Å². The molecular formula is C56H106N2O10Si3. The molecule has 0 radical (unpaired) electrons. The first-order valence-corrected chi connectivity index (χ1v) is 36.1. The maximum absolute atomic E-state index is 14.3. The van der Waals surface area contributed by atoms with E-state index in [0.717, 1.165) is 85.9 Å². The largest absolute Gasteiger partial charge is 0.457 e. The fourth-order valence-corrected chi connectivity index (χ4v) is 20.2. The van der Waals surface area contributed by atoms with Gasteiger partial charge in [-0.05, 0) is 127 Å². The van der Waals surface area contributed by atoms with E-state index in [1.54, 1.807) is 4.90 Å². The molecule has 3 aliphatic rings. The van der Waals surface area contributed by atoms with Gasteiger partial charge in [0.1, 0.15) is 11.7 Å². The number of ether oxygens (including phenoxy) is 5. The Morgan fingerprint density at radius 2 is 1.45 bits per heavy atom. The summed E-state index contributed by atoms with van der Waals surface area (Å²) in [7, 11) is -3.95. The summed E-state index contributed by atoms with van der Waals surface area (Å²) in [6.07, 6.45) is 10.9. The van der Waals surface area contributed by atoms with E-state index >= 15 is 0 Å². The second-order valence-corrected chi connectivity index (χ2v) is 36.0. The Hall–Kier alpha value is -1.67. The van der Waals surface area contributed by atoms with Gasteiger partial charge in [-0.3, -0.25) is 4.79 Å². The Kier molecular flexibility index (Phi) is 26.5. The summed E-state index contributed by atoms with van der Waals surface area (Å²) in [4.78, 5) is 32.4. The molecule has 0 aliphatic carbocycles. The molecule has 0 bridgehead atoms. The predicted octanol–water partition coefficient (Wildman–Crippen LogP) is 13.5. The predicted molar refractivity (Wildman–Crippen MR) is 298 cm³/mol. The number of epoxide rings is 1. The van der Waals surface area contributed by atoms with E-state index in [1.165, 1.54) is 0 Å². The zero-order chi connectivity index (χ0) is 53.2. The van der Waals surface area contributed by atoms with Crippen LogP contribution in [0.5, 0.6) is 0 Å². The Morgan fingerprint density at radius 3 is 1.99 bits per heavy atom. The van der Waals surface area contributed by atoms with Gasteiger partial charge in [0, 0.05) is 57.1 Å². The first-order chi connectivity index (χ1) is 33.6. The molecule has 0 saturated carbocycles. The van der Waals surface area contributed by atoms with Crippen molar-refractivity contribution in [2.75, 3.05) is 39.8 Å². The normalized spacial score (nSPS) is 28.3. The molecule has 0 N–H and O–H groups in total. The number of cyclic esters (lactones) is 1. The maximum Gasteiger partial charge on any atom is 0.410 e. The van der Waals surface area contributed by atoms with Gasteiger partial charge in [-0.25, -0.2) is 4.79 Å². The average molecular weight is 1050 g/mol. The zero-order valence-electron chi connectivity index (χ0n) is 48.5. The third-order valence-corrected chi connectivity index (χ3v) is 31.3. The minimum Gasteiger partial charge on any atom is -0.457 e. The van der Waals surface area contributed by atoms with Crippen LogP contribution in [-0.4, -0.2) is 141 Å². The van der Waals surface area contributed by atoms with Crippen LogP contribution in [0.15, 0.2) is 36.0 Å². The third-order valence-electron chi connectivity index (χ3n) is 17.2. The van der Waals surface area contributed by atoms with Crippen LogP contribution in [0, 0.1) is 11.8 Å². The molecule has 12 nitrogen and oxygen atoms in total. The highest BCUT2D eigenvalue weighted by molar-refractivity contribution is 6.74.